The molecule has 0 unspecified atom stereocenters. The van der Waals surface area contributed by atoms with Gasteiger partial charge in [-0.2, -0.15) is 0 Å². The van der Waals surface area contributed by atoms with Gasteiger partial charge in [0.15, 0.2) is 0 Å². The van der Waals surface area contributed by atoms with Crippen LogP contribution in [0.5, 0.6) is 0 Å². The predicted molar refractivity (Wildman–Crippen MR) is 102 cm³/mol. The van der Waals surface area contributed by atoms with E-state index in [0.29, 0.717) is 0 Å². The van der Waals surface area contributed by atoms with Crippen LogP contribution in [0.1, 0.15) is 44.6 Å². The molecule has 1 aliphatic heterocycles. The maximum absolute atomic E-state index is 13.2. The van der Waals surface area contributed by atoms with Gasteiger partial charge in [-0.15, -0.1) is 0 Å². The Morgan fingerprint density at radius 3 is 2.00 bits per heavy atom. The van der Waals surface area contributed by atoms with Crippen molar-refractivity contribution in [1.29, 1.82) is 0 Å². The van der Waals surface area contributed by atoms with E-state index in [1.54, 1.807) is 5.57 Å². The van der Waals surface area contributed by atoms with Crippen LogP contribution in [0.15, 0.2) is 47.6 Å². The fourth-order valence-corrected chi connectivity index (χ4v) is 5.64. The van der Waals surface area contributed by atoms with Crippen LogP contribution in [-0.4, -0.2) is 11.8 Å². The minimum atomic E-state index is -0.173. The molecule has 3 fully saturated rings. The van der Waals surface area contributed by atoms with Crippen LogP contribution in [0.3, 0.4) is 0 Å². The summed E-state index contributed by atoms with van der Waals surface area (Å²) >= 11 is 0. The van der Waals surface area contributed by atoms with Crippen molar-refractivity contribution >= 4 is 17.5 Å². The van der Waals surface area contributed by atoms with Crippen LogP contribution < -0.4 is 4.90 Å². The van der Waals surface area contributed by atoms with Gasteiger partial charge in [-0.1, -0.05) is 48.8 Å². The van der Waals surface area contributed by atoms with Gasteiger partial charge in [-0.3, -0.25) is 9.59 Å². The van der Waals surface area contributed by atoms with Crippen molar-refractivity contribution < 1.29 is 9.59 Å². The number of carbonyl (C=O) groups excluding carboxylic acids is 2. The molecule has 4 atom stereocenters. The van der Waals surface area contributed by atoms with Gasteiger partial charge in [-0.05, 0) is 49.8 Å². The van der Waals surface area contributed by atoms with E-state index in [1.165, 1.54) is 35.3 Å². The van der Waals surface area contributed by atoms with E-state index < -0.39 is 0 Å². The molecule has 0 spiro atoms. The van der Waals surface area contributed by atoms with Gasteiger partial charge in [0.2, 0.25) is 11.8 Å². The largest absolute Gasteiger partial charge is 0.274 e. The summed E-state index contributed by atoms with van der Waals surface area (Å²) in [6.07, 6.45) is 11.5. The van der Waals surface area contributed by atoms with Gasteiger partial charge in [0, 0.05) is 11.8 Å². The lowest BCUT2D eigenvalue weighted by atomic mass is 9.85. The number of nitrogens with zero attached hydrogens (tertiary/aromatic N) is 1. The maximum Gasteiger partial charge on any atom is 0.238 e. The second-order valence-electron chi connectivity index (χ2n) is 8.14. The number of rotatable bonds is 2. The molecule has 3 aliphatic carbocycles. The monoisotopic (exact) mass is 347 g/mol. The summed E-state index contributed by atoms with van der Waals surface area (Å²) in [5.41, 5.74) is 4.93. The summed E-state index contributed by atoms with van der Waals surface area (Å²) in [4.78, 5) is 27.9. The fraction of sp³-hybridized carbons (Fsp3) is 0.478. The molecule has 1 aromatic carbocycles. The first kappa shape index (κ1) is 16.0. The van der Waals surface area contributed by atoms with Crippen LogP contribution in [0, 0.1) is 23.7 Å². The molecule has 5 rings (SSSR count). The average Bonchev–Trinajstić information content (AvgIpc) is 3.32. The number of carbonyl (C=O) groups is 2. The van der Waals surface area contributed by atoms with Gasteiger partial charge >= 0.3 is 0 Å². The van der Waals surface area contributed by atoms with Crippen molar-refractivity contribution in [3.8, 4) is 0 Å². The smallest absolute Gasteiger partial charge is 0.238 e. The Balaban J connectivity index is 1.49. The van der Waals surface area contributed by atoms with Crippen LogP contribution in [0.2, 0.25) is 0 Å². The zero-order chi connectivity index (χ0) is 17.8. The Morgan fingerprint density at radius 1 is 0.885 bits per heavy atom. The highest BCUT2D eigenvalue weighted by atomic mass is 16.2. The molecular weight excluding hydrogens is 322 g/mol. The minimum absolute atomic E-state index is 0.00927. The van der Waals surface area contributed by atoms with E-state index in [9.17, 15) is 9.59 Å². The van der Waals surface area contributed by atoms with Crippen molar-refractivity contribution in [2.45, 2.75) is 45.4 Å². The Kier molecular flexibility index (Phi) is 3.66. The molecule has 2 saturated carbocycles. The molecule has 0 radical (unpaired) electrons. The Morgan fingerprint density at radius 2 is 1.46 bits per heavy atom. The average molecular weight is 347 g/mol. The minimum Gasteiger partial charge on any atom is -0.274 e. The van der Waals surface area contributed by atoms with Crippen LogP contribution in [0.25, 0.3) is 0 Å². The van der Waals surface area contributed by atoms with Gasteiger partial charge in [0.05, 0.1) is 17.5 Å². The third-order valence-corrected chi connectivity index (χ3v) is 6.88. The maximum atomic E-state index is 13.2. The predicted octanol–water partition coefficient (Wildman–Crippen LogP) is 4.43. The van der Waals surface area contributed by atoms with Crippen molar-refractivity contribution in [3.05, 3.63) is 53.1 Å². The zero-order valence-electron chi connectivity index (χ0n) is 15.3. The van der Waals surface area contributed by atoms with Gasteiger partial charge in [0.25, 0.3) is 0 Å². The molecule has 1 aromatic rings. The second-order valence-corrected chi connectivity index (χ2v) is 8.14. The Labute approximate surface area is 154 Å². The van der Waals surface area contributed by atoms with Crippen molar-refractivity contribution in [2.24, 2.45) is 23.7 Å². The third kappa shape index (κ3) is 2.12. The molecule has 2 bridgehead atoms. The van der Waals surface area contributed by atoms with E-state index in [1.807, 2.05) is 24.3 Å². The van der Waals surface area contributed by atoms with E-state index in [-0.39, 0.29) is 35.5 Å². The highest BCUT2D eigenvalue weighted by Crippen LogP contribution is 2.58. The molecular formula is C23H25NO2. The summed E-state index contributed by atoms with van der Waals surface area (Å²) in [7, 11) is 0. The molecule has 4 aliphatic rings. The zero-order valence-corrected chi connectivity index (χ0v) is 15.3. The van der Waals surface area contributed by atoms with Crippen LogP contribution in [-0.2, 0) is 16.0 Å². The van der Waals surface area contributed by atoms with E-state index in [4.69, 9.17) is 0 Å². The fourth-order valence-electron chi connectivity index (χ4n) is 5.64. The van der Waals surface area contributed by atoms with E-state index >= 15 is 0 Å². The molecule has 26 heavy (non-hydrogen) atoms. The number of allylic oxidation sites excluding steroid dienone is 4. The SMILES string of the molecule is CCc1ccc(N2C(=O)[C@@H]3[C@H](C2=O)[C@@H]2C=C[C@H]3C2=C2CCCCC2)cc1. The molecule has 0 N–H and O–H groups in total. The normalized spacial score (nSPS) is 32.7. The summed E-state index contributed by atoms with van der Waals surface area (Å²) in [5.74, 6) is -0.00509. The Bertz CT molecular complexity index is 790. The second kappa shape index (κ2) is 5.94. The molecule has 1 heterocycles. The van der Waals surface area contributed by atoms with Crippen LogP contribution in [0.4, 0.5) is 5.69 Å². The number of aryl methyl sites for hydroxylation is 1. The quantitative estimate of drug-likeness (QED) is 0.586. The first-order valence-electron chi connectivity index (χ1n) is 10.1. The molecule has 0 aromatic heterocycles. The topological polar surface area (TPSA) is 37.4 Å². The van der Waals surface area contributed by atoms with Gasteiger partial charge < -0.3 is 0 Å². The number of hydrogen-bond donors (Lipinski definition) is 0. The van der Waals surface area contributed by atoms with Crippen molar-refractivity contribution in [2.75, 3.05) is 4.90 Å². The van der Waals surface area contributed by atoms with Crippen LogP contribution >= 0.6 is 0 Å². The number of hydrogen-bond acceptors (Lipinski definition) is 2. The molecule has 134 valence electrons. The standard InChI is InChI=1S/C23H25NO2/c1-2-14-8-10-16(11-9-14)24-22(25)20-17-12-13-18(21(20)23(24)26)19(17)15-6-4-3-5-7-15/h8-13,17-18,20-21H,2-7H2,1H3/t17-,18+,20-,21+. The number of fused-ring (bicyclic) bond motifs is 5. The number of amides is 2. The molecule has 2 amide bonds. The summed E-state index contributed by atoms with van der Waals surface area (Å²) in [5, 5.41) is 0. The highest BCUT2D eigenvalue weighted by Gasteiger charge is 2.62. The molecule has 3 nitrogen and oxygen atoms in total. The summed E-state index contributed by atoms with van der Waals surface area (Å²) < 4.78 is 0. The molecule has 3 heteroatoms. The first-order chi connectivity index (χ1) is 12.7. The van der Waals surface area contributed by atoms with Crippen molar-refractivity contribution in [3.63, 3.8) is 0 Å². The van der Waals surface area contributed by atoms with Crippen molar-refractivity contribution in [1.82, 2.24) is 0 Å². The number of anilines is 1. The Hall–Kier alpha value is -2.16. The summed E-state index contributed by atoms with van der Waals surface area (Å²) in [6.45, 7) is 2.11. The highest BCUT2D eigenvalue weighted by molar-refractivity contribution is 6.23. The number of imide groups is 1. The lowest BCUT2D eigenvalue weighted by Gasteiger charge is -2.23. The van der Waals surface area contributed by atoms with Gasteiger partial charge in [-0.25, -0.2) is 4.90 Å². The first-order valence-corrected chi connectivity index (χ1v) is 10.1. The van der Waals surface area contributed by atoms with E-state index in [0.717, 1.165) is 24.9 Å². The number of benzene rings is 1. The molecule has 1 saturated heterocycles. The summed E-state index contributed by atoms with van der Waals surface area (Å²) in [6, 6.07) is 7.88. The van der Waals surface area contributed by atoms with Gasteiger partial charge in [0.1, 0.15) is 0 Å². The lowest BCUT2D eigenvalue weighted by Crippen LogP contribution is -2.33. The lowest BCUT2D eigenvalue weighted by molar-refractivity contribution is -0.122. The van der Waals surface area contributed by atoms with E-state index in [2.05, 4.69) is 19.1 Å². The third-order valence-electron chi connectivity index (χ3n) is 6.88.